The van der Waals surface area contributed by atoms with Gasteiger partial charge in [0.05, 0.1) is 12.0 Å². The van der Waals surface area contributed by atoms with Gasteiger partial charge in [0.25, 0.3) is 0 Å². The molecule has 0 aliphatic heterocycles. The molecule has 1 aliphatic rings. The van der Waals surface area contributed by atoms with E-state index in [0.717, 1.165) is 30.1 Å². The van der Waals surface area contributed by atoms with Crippen LogP contribution in [0.2, 0.25) is 10.0 Å². The summed E-state index contributed by atoms with van der Waals surface area (Å²) in [6.45, 7) is 1.77. The van der Waals surface area contributed by atoms with Crippen molar-refractivity contribution in [3.8, 4) is 0 Å². The highest BCUT2D eigenvalue weighted by molar-refractivity contribution is 6.35. The summed E-state index contributed by atoms with van der Waals surface area (Å²) in [4.78, 5) is 4.24. The Hall–Kier alpha value is -1.03. The lowest BCUT2D eigenvalue weighted by molar-refractivity contribution is 0.606. The molecule has 5 heteroatoms. The third-order valence-corrected chi connectivity index (χ3v) is 4.17. The van der Waals surface area contributed by atoms with Gasteiger partial charge in [-0.1, -0.05) is 29.3 Å². The summed E-state index contributed by atoms with van der Waals surface area (Å²) in [5.41, 5.74) is 2.34. The van der Waals surface area contributed by atoms with Crippen molar-refractivity contribution >= 4 is 23.2 Å². The number of nitrogens with one attached hydrogen (secondary N) is 1. The monoisotopic (exact) mass is 309 g/mol. The van der Waals surface area contributed by atoms with Crippen LogP contribution < -0.4 is 5.32 Å². The molecule has 20 heavy (non-hydrogen) atoms. The fraction of sp³-hybridized carbons (Fsp3) is 0.400. The molecule has 1 heterocycles. The first-order valence-electron chi connectivity index (χ1n) is 6.88. The second-order valence-corrected chi connectivity index (χ2v) is 6.06. The van der Waals surface area contributed by atoms with Gasteiger partial charge in [0.2, 0.25) is 0 Å². The second kappa shape index (κ2) is 6.17. The number of aryl methyl sites for hydroxylation is 2. The Morgan fingerprint density at radius 2 is 2.15 bits per heavy atom. The van der Waals surface area contributed by atoms with Gasteiger partial charge in [-0.2, -0.15) is 0 Å². The number of hydrogen-bond acceptors (Lipinski definition) is 2. The van der Waals surface area contributed by atoms with Gasteiger partial charge in [0, 0.05) is 35.4 Å². The first-order valence-corrected chi connectivity index (χ1v) is 7.64. The van der Waals surface area contributed by atoms with E-state index in [0.29, 0.717) is 11.1 Å². The Morgan fingerprint density at radius 1 is 1.30 bits per heavy atom. The first-order chi connectivity index (χ1) is 9.72. The van der Waals surface area contributed by atoms with Crippen molar-refractivity contribution in [2.75, 3.05) is 0 Å². The number of benzene rings is 1. The third kappa shape index (κ3) is 3.54. The summed E-state index contributed by atoms with van der Waals surface area (Å²) < 4.78 is 2.18. The van der Waals surface area contributed by atoms with Crippen molar-refractivity contribution in [3.63, 3.8) is 0 Å². The van der Waals surface area contributed by atoms with Crippen LogP contribution in [0, 0.1) is 0 Å². The molecule has 0 bridgehead atoms. The summed E-state index contributed by atoms with van der Waals surface area (Å²) in [5.74, 6) is 0. The van der Waals surface area contributed by atoms with Crippen molar-refractivity contribution in [1.82, 2.24) is 14.9 Å². The van der Waals surface area contributed by atoms with Gasteiger partial charge in [-0.25, -0.2) is 4.98 Å². The van der Waals surface area contributed by atoms with Crippen molar-refractivity contribution < 1.29 is 0 Å². The van der Waals surface area contributed by atoms with E-state index in [1.54, 1.807) is 6.07 Å². The largest absolute Gasteiger partial charge is 0.333 e. The molecule has 3 rings (SSSR count). The Kier molecular flexibility index (Phi) is 4.29. The molecule has 2 aromatic rings. The minimum absolute atomic E-state index is 0.677. The average molecular weight is 310 g/mol. The van der Waals surface area contributed by atoms with Crippen LogP contribution in [0.4, 0.5) is 0 Å². The molecule has 1 aromatic carbocycles. The number of imidazole rings is 1. The highest BCUT2D eigenvalue weighted by atomic mass is 35.5. The molecule has 0 radical (unpaired) electrons. The molecule has 1 fully saturated rings. The van der Waals surface area contributed by atoms with Gasteiger partial charge in [-0.05, 0) is 37.0 Å². The summed E-state index contributed by atoms with van der Waals surface area (Å²) in [5, 5.41) is 4.92. The maximum atomic E-state index is 6.20. The van der Waals surface area contributed by atoms with Crippen LogP contribution in [0.5, 0.6) is 0 Å². The minimum Gasteiger partial charge on any atom is -0.333 e. The summed E-state index contributed by atoms with van der Waals surface area (Å²) >= 11 is 12.1. The molecule has 3 nitrogen and oxygen atoms in total. The zero-order chi connectivity index (χ0) is 13.9. The van der Waals surface area contributed by atoms with Crippen molar-refractivity contribution in [2.45, 2.75) is 38.4 Å². The number of hydrogen-bond donors (Lipinski definition) is 1. The summed E-state index contributed by atoms with van der Waals surface area (Å²) in [6, 6.07) is 6.38. The number of rotatable bonds is 6. The van der Waals surface area contributed by atoms with Gasteiger partial charge in [-0.3, -0.25) is 0 Å². The molecular weight excluding hydrogens is 293 g/mol. The molecule has 0 spiro atoms. The van der Waals surface area contributed by atoms with Crippen molar-refractivity contribution in [2.24, 2.45) is 0 Å². The predicted molar refractivity (Wildman–Crippen MR) is 82.3 cm³/mol. The highest BCUT2D eigenvalue weighted by Crippen LogP contribution is 2.22. The topological polar surface area (TPSA) is 29.9 Å². The number of aromatic nitrogens is 2. The highest BCUT2D eigenvalue weighted by Gasteiger charge is 2.20. The van der Waals surface area contributed by atoms with Crippen molar-refractivity contribution in [1.29, 1.82) is 0 Å². The summed E-state index contributed by atoms with van der Waals surface area (Å²) in [7, 11) is 0. The van der Waals surface area contributed by atoms with E-state index in [4.69, 9.17) is 23.2 Å². The van der Waals surface area contributed by atoms with Crippen LogP contribution in [0.1, 0.15) is 24.1 Å². The van der Waals surface area contributed by atoms with Crippen molar-refractivity contribution in [3.05, 3.63) is 52.0 Å². The summed E-state index contributed by atoms with van der Waals surface area (Å²) in [6.07, 6.45) is 7.29. The normalized spacial score (nSPS) is 14.7. The molecule has 106 valence electrons. The van der Waals surface area contributed by atoms with E-state index in [9.17, 15) is 0 Å². The van der Waals surface area contributed by atoms with Gasteiger partial charge in [0.1, 0.15) is 0 Å². The molecular formula is C15H17Cl2N3. The smallest absolute Gasteiger partial charge is 0.0948 e. The Labute approximate surface area is 128 Å². The molecule has 1 aliphatic carbocycles. The Morgan fingerprint density at radius 3 is 2.90 bits per heavy atom. The zero-order valence-corrected chi connectivity index (χ0v) is 12.7. The van der Waals surface area contributed by atoms with E-state index >= 15 is 0 Å². The van der Waals surface area contributed by atoms with Crippen LogP contribution in [0.25, 0.3) is 0 Å². The molecule has 0 unspecified atom stereocenters. The molecule has 1 N–H and O–H groups in total. The average Bonchev–Trinajstić information content (AvgIpc) is 3.14. The minimum atomic E-state index is 0.677. The number of halogens is 2. The van der Waals surface area contributed by atoms with Gasteiger partial charge >= 0.3 is 0 Å². The van der Waals surface area contributed by atoms with E-state index in [1.807, 2.05) is 24.7 Å². The van der Waals surface area contributed by atoms with Crippen LogP contribution in [-0.4, -0.2) is 15.6 Å². The van der Waals surface area contributed by atoms with E-state index in [2.05, 4.69) is 14.9 Å². The lowest BCUT2D eigenvalue weighted by Crippen LogP contribution is -2.18. The molecule has 0 atom stereocenters. The molecule has 0 saturated heterocycles. The number of nitrogens with zero attached hydrogens (tertiary/aromatic N) is 2. The Balaban J connectivity index is 1.61. The lowest BCUT2D eigenvalue weighted by Gasteiger charge is -2.10. The van der Waals surface area contributed by atoms with Crippen LogP contribution in [-0.2, 0) is 19.5 Å². The Bertz CT molecular complexity index is 591. The first kappa shape index (κ1) is 13.9. The fourth-order valence-corrected chi connectivity index (χ4v) is 2.70. The van der Waals surface area contributed by atoms with E-state index < -0.39 is 0 Å². The predicted octanol–water partition coefficient (Wildman–Crippen LogP) is 3.68. The third-order valence-electron chi connectivity index (χ3n) is 3.58. The van der Waals surface area contributed by atoms with E-state index in [-0.39, 0.29) is 0 Å². The maximum absolute atomic E-state index is 6.20. The van der Waals surface area contributed by atoms with Crippen LogP contribution in [0.15, 0.2) is 30.7 Å². The van der Waals surface area contributed by atoms with Crippen LogP contribution in [0.3, 0.4) is 0 Å². The maximum Gasteiger partial charge on any atom is 0.0948 e. The molecule has 1 saturated carbocycles. The SMILES string of the molecule is Clc1ccc(CCn2cncc2CNC2CC2)c(Cl)c1. The second-order valence-electron chi connectivity index (χ2n) is 5.22. The van der Waals surface area contributed by atoms with Gasteiger partial charge in [-0.15, -0.1) is 0 Å². The van der Waals surface area contributed by atoms with Gasteiger partial charge in [0.15, 0.2) is 0 Å². The van der Waals surface area contributed by atoms with Crippen LogP contribution >= 0.6 is 23.2 Å². The zero-order valence-electron chi connectivity index (χ0n) is 11.1. The fourth-order valence-electron chi connectivity index (χ4n) is 2.20. The van der Waals surface area contributed by atoms with E-state index in [1.165, 1.54) is 18.5 Å². The molecule has 1 aromatic heterocycles. The van der Waals surface area contributed by atoms with Gasteiger partial charge < -0.3 is 9.88 Å². The standard InChI is InChI=1S/C15H17Cl2N3/c16-12-2-1-11(15(17)7-12)5-6-20-10-18-8-14(20)9-19-13-3-4-13/h1-2,7-8,10,13,19H,3-6,9H2. The quantitative estimate of drug-likeness (QED) is 0.882. The lowest BCUT2D eigenvalue weighted by atomic mass is 10.1. The molecule has 0 amide bonds.